The summed E-state index contributed by atoms with van der Waals surface area (Å²) >= 11 is 3.91. The Morgan fingerprint density at radius 3 is 2.60 bits per heavy atom. The van der Waals surface area contributed by atoms with E-state index in [1.807, 2.05) is 31.2 Å². The van der Waals surface area contributed by atoms with Gasteiger partial charge in [-0.1, -0.05) is 47.0 Å². The third kappa shape index (κ3) is 6.56. The van der Waals surface area contributed by atoms with Gasteiger partial charge < -0.3 is 15.8 Å². The van der Waals surface area contributed by atoms with Crippen LogP contribution >= 0.6 is 34.9 Å². The summed E-state index contributed by atoms with van der Waals surface area (Å²) in [7, 11) is 1.61. The van der Waals surface area contributed by atoms with E-state index in [2.05, 4.69) is 15.5 Å². The molecule has 10 heteroatoms. The molecule has 7 nitrogen and oxygen atoms in total. The summed E-state index contributed by atoms with van der Waals surface area (Å²) in [5.41, 5.74) is 6.09. The monoisotopic (exact) mass is 398 g/mol. The molecule has 2 rings (SSSR count). The van der Waals surface area contributed by atoms with E-state index in [4.69, 9.17) is 10.5 Å². The van der Waals surface area contributed by atoms with Gasteiger partial charge in [-0.25, -0.2) is 0 Å². The molecule has 0 bridgehead atoms. The van der Waals surface area contributed by atoms with Crippen LogP contribution in [0.2, 0.25) is 0 Å². The normalized spacial score (nSPS) is 11.8. The average Bonchev–Trinajstić information content (AvgIpc) is 3.05. The topological polar surface area (TPSA) is 107 Å². The maximum atomic E-state index is 12.2. The zero-order valence-corrected chi connectivity index (χ0v) is 16.2. The fourth-order valence-corrected chi connectivity index (χ4v) is 4.64. The van der Waals surface area contributed by atoms with Gasteiger partial charge in [-0.15, -0.1) is 10.2 Å². The molecule has 0 aliphatic rings. The molecular weight excluding hydrogens is 380 g/mol. The number of nitrogens with one attached hydrogen (secondary N) is 1. The van der Waals surface area contributed by atoms with Crippen molar-refractivity contribution < 1.29 is 14.3 Å². The Morgan fingerprint density at radius 2 is 1.96 bits per heavy atom. The number of amides is 2. The van der Waals surface area contributed by atoms with E-state index in [1.165, 1.54) is 34.9 Å². The molecule has 0 saturated carbocycles. The molecule has 2 amide bonds. The zero-order chi connectivity index (χ0) is 18.2. The average molecular weight is 399 g/mol. The van der Waals surface area contributed by atoms with Gasteiger partial charge in [-0.05, 0) is 24.6 Å². The number of methoxy groups -OCH3 is 1. The highest BCUT2D eigenvalue weighted by Gasteiger charge is 2.17. The molecule has 134 valence electrons. The van der Waals surface area contributed by atoms with Crippen LogP contribution in [-0.2, 0) is 16.1 Å². The quantitative estimate of drug-likeness (QED) is 0.621. The smallest absolute Gasteiger partial charge is 0.233 e. The molecule has 1 atom stereocenters. The van der Waals surface area contributed by atoms with Gasteiger partial charge in [0, 0.05) is 6.54 Å². The summed E-state index contributed by atoms with van der Waals surface area (Å²) in [6, 6.07) is 7.52. The van der Waals surface area contributed by atoms with Crippen LogP contribution in [-0.4, -0.2) is 40.1 Å². The zero-order valence-electron chi connectivity index (χ0n) is 13.7. The van der Waals surface area contributed by atoms with Gasteiger partial charge in [0.2, 0.25) is 11.8 Å². The van der Waals surface area contributed by atoms with E-state index in [1.54, 1.807) is 7.11 Å². The van der Waals surface area contributed by atoms with Crippen molar-refractivity contribution in [3.8, 4) is 5.75 Å². The third-order valence-corrected chi connectivity index (χ3v) is 6.26. The lowest BCUT2D eigenvalue weighted by Crippen LogP contribution is -2.30. The number of carbonyl (C=O) groups is 2. The molecule has 0 aliphatic carbocycles. The molecule has 0 aliphatic heterocycles. The molecule has 2 aromatic rings. The summed E-state index contributed by atoms with van der Waals surface area (Å²) in [5.74, 6) is 0.459. The summed E-state index contributed by atoms with van der Waals surface area (Å²) in [6.45, 7) is 2.26. The number of aromatic nitrogens is 2. The lowest BCUT2D eigenvalue weighted by molar-refractivity contribution is -0.120. The standard InChI is InChI=1S/C15H18N4O3S3/c1-9(24-15-19-18-14(25-15)23-8-12(16)20)13(21)17-7-10-3-5-11(22-2)6-4-10/h3-6,9H,7-8H2,1-2H3,(H2,16,20)(H,17,21)/t9-/m1/s1. The van der Waals surface area contributed by atoms with Crippen molar-refractivity contribution >= 4 is 46.7 Å². The number of nitrogens with two attached hydrogens (primary N) is 1. The Morgan fingerprint density at radius 1 is 1.28 bits per heavy atom. The van der Waals surface area contributed by atoms with E-state index in [0.717, 1.165) is 11.3 Å². The summed E-state index contributed by atoms with van der Waals surface area (Å²) in [6.07, 6.45) is 0. The van der Waals surface area contributed by atoms with Crippen LogP contribution in [0.4, 0.5) is 0 Å². The van der Waals surface area contributed by atoms with E-state index in [0.29, 0.717) is 15.2 Å². The Bertz CT molecular complexity index is 721. The van der Waals surface area contributed by atoms with Crippen molar-refractivity contribution in [2.24, 2.45) is 5.73 Å². The van der Waals surface area contributed by atoms with Crippen LogP contribution in [0.5, 0.6) is 5.75 Å². The van der Waals surface area contributed by atoms with Gasteiger partial charge in [-0.3, -0.25) is 9.59 Å². The number of nitrogens with zero attached hydrogens (tertiary/aromatic N) is 2. The van der Waals surface area contributed by atoms with Gasteiger partial charge in [-0.2, -0.15) is 0 Å². The first kappa shape index (κ1) is 19.5. The lowest BCUT2D eigenvalue weighted by atomic mass is 10.2. The SMILES string of the molecule is COc1ccc(CNC(=O)[C@@H](C)Sc2nnc(SCC(N)=O)s2)cc1. The summed E-state index contributed by atoms with van der Waals surface area (Å²) < 4.78 is 6.44. The van der Waals surface area contributed by atoms with E-state index >= 15 is 0 Å². The van der Waals surface area contributed by atoms with Crippen LogP contribution in [0.3, 0.4) is 0 Å². The van der Waals surface area contributed by atoms with Crippen molar-refractivity contribution in [3.05, 3.63) is 29.8 Å². The molecule has 1 aromatic carbocycles. The third-order valence-electron chi connectivity index (χ3n) is 3.00. The number of carbonyl (C=O) groups excluding carboxylic acids is 2. The van der Waals surface area contributed by atoms with Crippen molar-refractivity contribution in [1.29, 1.82) is 0 Å². The predicted octanol–water partition coefficient (Wildman–Crippen LogP) is 1.92. The number of hydrogen-bond acceptors (Lipinski definition) is 8. The first-order chi connectivity index (χ1) is 12.0. The highest BCUT2D eigenvalue weighted by Crippen LogP contribution is 2.31. The minimum Gasteiger partial charge on any atom is -0.497 e. The first-order valence-corrected chi connectivity index (χ1v) is 9.98. The van der Waals surface area contributed by atoms with Gasteiger partial charge >= 0.3 is 0 Å². The maximum absolute atomic E-state index is 12.2. The second-order valence-electron chi connectivity index (χ2n) is 4.91. The van der Waals surface area contributed by atoms with Crippen LogP contribution in [0.25, 0.3) is 0 Å². The second-order valence-corrected chi connectivity index (χ2v) is 8.70. The molecule has 25 heavy (non-hydrogen) atoms. The largest absolute Gasteiger partial charge is 0.497 e. The van der Waals surface area contributed by atoms with Crippen molar-refractivity contribution in [3.63, 3.8) is 0 Å². The Balaban J connectivity index is 1.80. The fourth-order valence-electron chi connectivity index (χ4n) is 1.72. The maximum Gasteiger partial charge on any atom is 0.233 e. The van der Waals surface area contributed by atoms with Crippen LogP contribution in [0.1, 0.15) is 12.5 Å². The molecular formula is C15H18N4O3S3. The fraction of sp³-hybridized carbons (Fsp3) is 0.333. The predicted molar refractivity (Wildman–Crippen MR) is 100.0 cm³/mol. The van der Waals surface area contributed by atoms with E-state index in [-0.39, 0.29) is 16.9 Å². The Kier molecular flexibility index (Phi) is 7.53. The molecule has 0 spiro atoms. The summed E-state index contributed by atoms with van der Waals surface area (Å²) in [5, 5.41) is 10.6. The second kappa shape index (κ2) is 9.64. The van der Waals surface area contributed by atoms with Crippen molar-refractivity contribution in [1.82, 2.24) is 15.5 Å². The first-order valence-electron chi connectivity index (χ1n) is 7.30. The molecule has 0 radical (unpaired) electrons. The van der Waals surface area contributed by atoms with Crippen LogP contribution in [0.15, 0.2) is 32.9 Å². The molecule has 3 N–H and O–H groups in total. The number of ether oxygens (including phenoxy) is 1. The number of thioether (sulfide) groups is 2. The minimum atomic E-state index is -0.402. The number of primary amides is 1. The lowest BCUT2D eigenvalue weighted by Gasteiger charge is -2.10. The summed E-state index contributed by atoms with van der Waals surface area (Å²) in [4.78, 5) is 23.0. The van der Waals surface area contributed by atoms with E-state index in [9.17, 15) is 9.59 Å². The van der Waals surface area contributed by atoms with Crippen LogP contribution < -0.4 is 15.8 Å². The van der Waals surface area contributed by atoms with E-state index < -0.39 is 5.91 Å². The minimum absolute atomic E-state index is 0.0812. The van der Waals surface area contributed by atoms with Gasteiger partial charge in [0.15, 0.2) is 8.68 Å². The Hall–Kier alpha value is -1.78. The number of rotatable bonds is 9. The molecule has 1 aromatic heterocycles. The van der Waals surface area contributed by atoms with Gasteiger partial charge in [0.05, 0.1) is 18.1 Å². The van der Waals surface area contributed by atoms with Crippen molar-refractivity contribution in [2.45, 2.75) is 27.4 Å². The molecule has 0 fully saturated rings. The van der Waals surface area contributed by atoms with Crippen LogP contribution in [0, 0.1) is 0 Å². The molecule has 0 unspecified atom stereocenters. The number of hydrogen-bond donors (Lipinski definition) is 2. The van der Waals surface area contributed by atoms with Crippen molar-refractivity contribution in [2.75, 3.05) is 12.9 Å². The number of benzene rings is 1. The Labute approximate surface area is 158 Å². The van der Waals surface area contributed by atoms with Gasteiger partial charge in [0.25, 0.3) is 0 Å². The highest BCUT2D eigenvalue weighted by molar-refractivity contribution is 8.04. The molecule has 1 heterocycles. The molecule has 0 saturated heterocycles. The van der Waals surface area contributed by atoms with Gasteiger partial charge in [0.1, 0.15) is 5.75 Å². The highest BCUT2D eigenvalue weighted by atomic mass is 32.2.